The Balaban J connectivity index is 1.20. The van der Waals surface area contributed by atoms with E-state index >= 15 is 0 Å². The standard InChI is InChI=1S/C28H30BF3N3O2/c1-18-20(15-26(29(30,31)32)19(2)27(18)33)16-34-11-13-35(14-12-34)28(36)37-17-25-23-9-5-3-7-21(23)22-8-4-6-10-24(22)25/h3-10,15,25H,11-14,16-17,33H2,1-2H3/q-1. The lowest BCUT2D eigenvalue weighted by Gasteiger charge is -2.35. The molecule has 2 aliphatic rings. The number of rotatable bonds is 5. The lowest BCUT2D eigenvalue weighted by atomic mass is 9.75. The highest BCUT2D eigenvalue weighted by Gasteiger charge is 2.32. The molecular weight excluding hydrogens is 478 g/mol. The number of nitrogen functional groups attached to an aromatic ring is 1. The molecule has 0 atom stereocenters. The summed E-state index contributed by atoms with van der Waals surface area (Å²) in [4.78, 5) is 16.6. The fourth-order valence-corrected chi connectivity index (χ4v) is 5.53. The monoisotopic (exact) mass is 508 g/mol. The van der Waals surface area contributed by atoms with Crippen molar-refractivity contribution in [3.63, 3.8) is 0 Å². The van der Waals surface area contributed by atoms with Crippen molar-refractivity contribution in [1.82, 2.24) is 9.80 Å². The van der Waals surface area contributed by atoms with Gasteiger partial charge in [0.1, 0.15) is 6.61 Å². The zero-order valence-electron chi connectivity index (χ0n) is 21.0. The molecule has 1 heterocycles. The molecule has 0 unspecified atom stereocenters. The number of nitrogens with two attached hydrogens (primary N) is 1. The Hall–Kier alpha value is -3.46. The molecule has 5 nitrogen and oxygen atoms in total. The third-order valence-corrected chi connectivity index (χ3v) is 7.77. The summed E-state index contributed by atoms with van der Waals surface area (Å²) in [6, 6.07) is 17.6. The number of amides is 1. The van der Waals surface area contributed by atoms with Gasteiger partial charge in [-0.05, 0) is 47.2 Å². The van der Waals surface area contributed by atoms with Gasteiger partial charge < -0.3 is 28.3 Å². The van der Waals surface area contributed by atoms with Crippen molar-refractivity contribution in [2.75, 3.05) is 38.5 Å². The molecule has 1 aliphatic heterocycles. The van der Waals surface area contributed by atoms with E-state index in [4.69, 9.17) is 10.5 Å². The second kappa shape index (κ2) is 9.78. The van der Waals surface area contributed by atoms with Crippen LogP contribution < -0.4 is 11.2 Å². The molecule has 1 amide bonds. The summed E-state index contributed by atoms with van der Waals surface area (Å²) in [5.41, 5.74) is 11.6. The smallest absolute Gasteiger partial charge is 0.448 e. The Morgan fingerprint density at radius 3 is 2.08 bits per heavy atom. The molecule has 0 aromatic heterocycles. The molecule has 1 fully saturated rings. The zero-order chi connectivity index (χ0) is 26.3. The average molecular weight is 508 g/mol. The van der Waals surface area contributed by atoms with Gasteiger partial charge in [-0.1, -0.05) is 60.2 Å². The van der Waals surface area contributed by atoms with Gasteiger partial charge >= 0.3 is 13.1 Å². The molecule has 5 rings (SSSR count). The van der Waals surface area contributed by atoms with Gasteiger partial charge in [-0.25, -0.2) is 4.79 Å². The van der Waals surface area contributed by atoms with Crippen LogP contribution in [0.2, 0.25) is 0 Å². The molecule has 0 bridgehead atoms. The topological polar surface area (TPSA) is 58.8 Å². The highest BCUT2D eigenvalue weighted by atomic mass is 19.4. The van der Waals surface area contributed by atoms with Crippen molar-refractivity contribution in [3.8, 4) is 11.1 Å². The van der Waals surface area contributed by atoms with Crippen LogP contribution >= 0.6 is 0 Å². The molecular formula is C28H30BF3N3O2-. The van der Waals surface area contributed by atoms with Crippen LogP contribution in [0.25, 0.3) is 11.1 Å². The van der Waals surface area contributed by atoms with Crippen LogP contribution in [0.4, 0.5) is 23.4 Å². The van der Waals surface area contributed by atoms with E-state index in [1.807, 2.05) is 24.3 Å². The Kier molecular flexibility index (Phi) is 6.66. The van der Waals surface area contributed by atoms with Crippen LogP contribution in [0, 0.1) is 13.8 Å². The Bertz CT molecular complexity index is 1290. The van der Waals surface area contributed by atoms with Gasteiger partial charge in [0.15, 0.2) is 0 Å². The maximum atomic E-state index is 13.5. The molecule has 1 aliphatic carbocycles. The van der Waals surface area contributed by atoms with Crippen molar-refractivity contribution >= 4 is 24.2 Å². The summed E-state index contributed by atoms with van der Waals surface area (Å²) >= 11 is 0. The predicted octanol–water partition coefficient (Wildman–Crippen LogP) is 5.01. The fourth-order valence-electron chi connectivity index (χ4n) is 5.53. The Morgan fingerprint density at radius 2 is 1.51 bits per heavy atom. The van der Waals surface area contributed by atoms with Crippen LogP contribution in [-0.2, 0) is 11.3 Å². The maximum Gasteiger partial charge on any atom is 0.509 e. The molecule has 194 valence electrons. The van der Waals surface area contributed by atoms with Crippen molar-refractivity contribution in [3.05, 3.63) is 82.4 Å². The largest absolute Gasteiger partial charge is 0.509 e. The van der Waals surface area contributed by atoms with E-state index in [0.29, 0.717) is 43.9 Å². The molecule has 0 saturated carbocycles. The molecule has 3 aromatic carbocycles. The number of carbonyl (C=O) groups is 1. The van der Waals surface area contributed by atoms with Crippen LogP contribution in [0.1, 0.15) is 33.7 Å². The number of halogens is 3. The Labute approximate surface area is 215 Å². The van der Waals surface area contributed by atoms with E-state index in [1.54, 1.807) is 11.8 Å². The second-order valence-electron chi connectivity index (χ2n) is 9.93. The van der Waals surface area contributed by atoms with Crippen LogP contribution in [0.15, 0.2) is 54.6 Å². The van der Waals surface area contributed by atoms with Gasteiger partial charge in [0, 0.05) is 44.3 Å². The zero-order valence-corrected chi connectivity index (χ0v) is 21.0. The summed E-state index contributed by atoms with van der Waals surface area (Å²) in [5, 5.41) is 0. The minimum atomic E-state index is -5.14. The van der Waals surface area contributed by atoms with Crippen molar-refractivity contribution in [2.45, 2.75) is 26.3 Å². The summed E-state index contributed by atoms with van der Waals surface area (Å²) in [6.07, 6.45) is -0.362. The van der Waals surface area contributed by atoms with Gasteiger partial charge in [0.25, 0.3) is 0 Å². The molecule has 3 aromatic rings. The summed E-state index contributed by atoms with van der Waals surface area (Å²) in [5.74, 6) is -0.00274. The molecule has 9 heteroatoms. The normalized spacial score (nSPS) is 16.0. The molecule has 1 saturated heterocycles. The number of benzene rings is 3. The van der Waals surface area contributed by atoms with Gasteiger partial charge in [-0.15, -0.1) is 5.46 Å². The third-order valence-electron chi connectivity index (χ3n) is 7.77. The minimum Gasteiger partial charge on any atom is -0.448 e. The first-order chi connectivity index (χ1) is 17.6. The number of fused-ring (bicyclic) bond motifs is 3. The van der Waals surface area contributed by atoms with Gasteiger partial charge in [-0.2, -0.15) is 0 Å². The number of ether oxygens (including phenoxy) is 1. The SMILES string of the molecule is Cc1c(CN2CCN(C(=O)OCC3c4ccccc4-c4ccccc43)CC2)cc([B-](F)(F)F)c(C)c1N. The van der Waals surface area contributed by atoms with Gasteiger partial charge in [-0.3, -0.25) is 4.90 Å². The van der Waals surface area contributed by atoms with Gasteiger partial charge in [0.2, 0.25) is 0 Å². The van der Waals surface area contributed by atoms with Crippen molar-refractivity contribution in [2.24, 2.45) is 0 Å². The number of anilines is 1. The number of piperazine rings is 1. The number of hydrogen-bond acceptors (Lipinski definition) is 4. The van der Waals surface area contributed by atoms with E-state index in [2.05, 4.69) is 29.2 Å². The summed E-state index contributed by atoms with van der Waals surface area (Å²) in [6.45, 7) is 0.647. The summed E-state index contributed by atoms with van der Waals surface area (Å²) in [7, 11) is 0. The molecule has 0 radical (unpaired) electrons. The van der Waals surface area contributed by atoms with E-state index in [9.17, 15) is 17.7 Å². The number of carbonyl (C=O) groups excluding carboxylic acids is 1. The highest BCUT2D eigenvalue weighted by Crippen LogP contribution is 2.44. The minimum absolute atomic E-state index is 0.00274. The van der Waals surface area contributed by atoms with Crippen molar-refractivity contribution < 1.29 is 22.5 Å². The molecule has 0 spiro atoms. The lowest BCUT2D eigenvalue weighted by Crippen LogP contribution is -2.48. The molecule has 2 N–H and O–H groups in total. The van der Waals surface area contributed by atoms with Crippen LogP contribution in [-0.4, -0.2) is 55.7 Å². The lowest BCUT2D eigenvalue weighted by molar-refractivity contribution is 0.0728. The summed E-state index contributed by atoms with van der Waals surface area (Å²) < 4.78 is 46.4. The Morgan fingerprint density at radius 1 is 0.946 bits per heavy atom. The fraction of sp³-hybridized carbons (Fsp3) is 0.321. The quantitative estimate of drug-likeness (QED) is 0.389. The van der Waals surface area contributed by atoms with Crippen molar-refractivity contribution in [1.29, 1.82) is 0 Å². The average Bonchev–Trinajstić information content (AvgIpc) is 3.21. The van der Waals surface area contributed by atoms with E-state index < -0.39 is 12.4 Å². The van der Waals surface area contributed by atoms with Crippen LogP contribution in [0.5, 0.6) is 0 Å². The highest BCUT2D eigenvalue weighted by molar-refractivity contribution is 6.74. The van der Waals surface area contributed by atoms with Gasteiger partial charge in [0.05, 0.1) is 0 Å². The number of nitrogens with zero attached hydrogens (tertiary/aromatic N) is 2. The first kappa shape index (κ1) is 25.2. The molecule has 37 heavy (non-hydrogen) atoms. The number of hydrogen-bond donors (Lipinski definition) is 1. The third kappa shape index (κ3) is 4.80. The maximum absolute atomic E-state index is 13.5. The first-order valence-corrected chi connectivity index (χ1v) is 12.6. The van der Waals surface area contributed by atoms with E-state index in [1.165, 1.54) is 24.1 Å². The van der Waals surface area contributed by atoms with E-state index in [-0.39, 0.29) is 29.9 Å². The predicted molar refractivity (Wildman–Crippen MR) is 141 cm³/mol. The van der Waals surface area contributed by atoms with E-state index in [0.717, 1.165) is 11.1 Å². The van der Waals surface area contributed by atoms with Crippen LogP contribution in [0.3, 0.4) is 0 Å². The second-order valence-corrected chi connectivity index (χ2v) is 9.93. The first-order valence-electron chi connectivity index (χ1n) is 12.6.